The number of nitrogens with zero attached hydrogens (tertiary/aromatic N) is 2. The summed E-state index contributed by atoms with van der Waals surface area (Å²) in [5.74, 6) is 0.0374. The molecule has 1 atom stereocenters. The number of piperidine rings is 1. The number of carbonyl (C=O) groups is 1. The predicted molar refractivity (Wildman–Crippen MR) is 82.7 cm³/mol. The lowest BCUT2D eigenvalue weighted by atomic mass is 9.93. The first-order valence-electron chi connectivity index (χ1n) is 6.52. The maximum Gasteiger partial charge on any atom is 0.255 e. The van der Waals surface area contributed by atoms with Crippen molar-refractivity contribution in [3.05, 3.63) is 33.3 Å². The Hall–Kier alpha value is -1.07. The van der Waals surface area contributed by atoms with E-state index >= 15 is 0 Å². The van der Waals surface area contributed by atoms with Gasteiger partial charge in [0.25, 0.3) is 5.91 Å². The van der Waals surface area contributed by atoms with E-state index in [9.17, 15) is 4.79 Å². The van der Waals surface area contributed by atoms with Crippen LogP contribution >= 0.6 is 27.5 Å². The zero-order chi connectivity index (χ0) is 14.7. The minimum atomic E-state index is -0.0771. The van der Waals surface area contributed by atoms with Crippen LogP contribution in [0.3, 0.4) is 0 Å². The fraction of sp³-hybridized carbons (Fsp3) is 0.429. The van der Waals surface area contributed by atoms with Crippen LogP contribution in [0.2, 0.25) is 5.02 Å². The molecule has 1 fully saturated rings. The Morgan fingerprint density at radius 2 is 2.35 bits per heavy atom. The van der Waals surface area contributed by atoms with Crippen LogP contribution < -0.4 is 0 Å². The van der Waals surface area contributed by atoms with Crippen LogP contribution in [0.4, 0.5) is 0 Å². The number of hydrogen-bond acceptors (Lipinski definition) is 3. The van der Waals surface area contributed by atoms with Crippen LogP contribution in [0, 0.1) is 5.92 Å². The summed E-state index contributed by atoms with van der Waals surface area (Å²) in [6.07, 6.45) is 1.45. The molecule has 1 aromatic rings. The number of amides is 1. The largest absolute Gasteiger partial charge is 0.411 e. The number of oxime groups is 1. The lowest BCUT2D eigenvalue weighted by molar-refractivity contribution is 0.0729. The van der Waals surface area contributed by atoms with E-state index in [1.165, 1.54) is 0 Å². The Balaban J connectivity index is 2.20. The molecular weight excluding hydrogens is 344 g/mol. The summed E-state index contributed by atoms with van der Waals surface area (Å²) in [6, 6.07) is 5.25. The lowest BCUT2D eigenvalue weighted by Gasteiger charge is -2.33. The summed E-state index contributed by atoms with van der Waals surface area (Å²) in [6.45, 7) is 3.14. The van der Waals surface area contributed by atoms with E-state index in [4.69, 9.17) is 16.8 Å². The average molecular weight is 360 g/mol. The second-order valence-electron chi connectivity index (χ2n) is 4.82. The zero-order valence-corrected chi connectivity index (χ0v) is 13.5. The van der Waals surface area contributed by atoms with E-state index < -0.39 is 0 Å². The first-order valence-corrected chi connectivity index (χ1v) is 7.69. The standard InChI is InChI=1S/C14H16BrClN2O2/c1-2-9-8-18(6-5-13(9)17-20)14(19)11-7-10(15)3-4-12(11)16/h3-4,7,9,20H,2,5-6,8H2,1H3/b17-13+. The first kappa shape index (κ1) is 15.3. The van der Waals surface area contributed by atoms with Crippen molar-refractivity contribution in [1.29, 1.82) is 0 Å². The smallest absolute Gasteiger partial charge is 0.255 e. The minimum absolute atomic E-state index is 0.0771. The fourth-order valence-corrected chi connectivity index (χ4v) is 2.99. The van der Waals surface area contributed by atoms with E-state index in [0.717, 1.165) is 16.6 Å². The molecule has 1 amide bonds. The van der Waals surface area contributed by atoms with Crippen molar-refractivity contribution >= 4 is 39.1 Å². The van der Waals surface area contributed by atoms with Crippen LogP contribution in [0.25, 0.3) is 0 Å². The van der Waals surface area contributed by atoms with Crippen molar-refractivity contribution in [3.63, 3.8) is 0 Å². The maximum atomic E-state index is 12.5. The van der Waals surface area contributed by atoms with Crippen molar-refractivity contribution in [1.82, 2.24) is 4.90 Å². The Bertz CT molecular complexity index is 548. The molecule has 1 N–H and O–H groups in total. The van der Waals surface area contributed by atoms with Crippen molar-refractivity contribution in [2.24, 2.45) is 11.1 Å². The molecule has 1 unspecified atom stereocenters. The van der Waals surface area contributed by atoms with Gasteiger partial charge in [-0.05, 0) is 24.6 Å². The highest BCUT2D eigenvalue weighted by Gasteiger charge is 2.29. The number of hydrogen-bond donors (Lipinski definition) is 1. The van der Waals surface area contributed by atoms with Gasteiger partial charge in [-0.3, -0.25) is 4.79 Å². The average Bonchev–Trinajstić information content (AvgIpc) is 2.48. The van der Waals surface area contributed by atoms with Gasteiger partial charge in [-0.15, -0.1) is 0 Å². The Morgan fingerprint density at radius 1 is 1.60 bits per heavy atom. The third kappa shape index (κ3) is 3.15. The molecule has 0 bridgehead atoms. The second kappa shape index (κ2) is 6.59. The van der Waals surface area contributed by atoms with E-state index in [2.05, 4.69) is 21.1 Å². The van der Waals surface area contributed by atoms with Crippen molar-refractivity contribution < 1.29 is 10.0 Å². The van der Waals surface area contributed by atoms with Gasteiger partial charge in [0.1, 0.15) is 0 Å². The Morgan fingerprint density at radius 3 is 3.00 bits per heavy atom. The van der Waals surface area contributed by atoms with Crippen LogP contribution in [0.1, 0.15) is 30.1 Å². The summed E-state index contributed by atoms with van der Waals surface area (Å²) >= 11 is 9.46. The van der Waals surface area contributed by atoms with Crippen molar-refractivity contribution in [2.75, 3.05) is 13.1 Å². The second-order valence-corrected chi connectivity index (χ2v) is 6.14. The molecule has 4 nitrogen and oxygen atoms in total. The summed E-state index contributed by atoms with van der Waals surface area (Å²) in [7, 11) is 0. The third-order valence-corrected chi connectivity index (χ3v) is 4.44. The molecule has 1 saturated heterocycles. The predicted octanol–water partition coefficient (Wildman–Crippen LogP) is 3.80. The van der Waals surface area contributed by atoms with Crippen LogP contribution in [0.5, 0.6) is 0 Å². The van der Waals surface area contributed by atoms with Gasteiger partial charge in [0.15, 0.2) is 0 Å². The molecule has 1 aliphatic rings. The molecule has 108 valence electrons. The molecular formula is C14H16BrClN2O2. The summed E-state index contributed by atoms with van der Waals surface area (Å²) < 4.78 is 0.826. The van der Waals surface area contributed by atoms with Gasteiger partial charge >= 0.3 is 0 Å². The number of rotatable bonds is 2. The molecule has 0 saturated carbocycles. The van der Waals surface area contributed by atoms with Gasteiger partial charge < -0.3 is 10.1 Å². The molecule has 6 heteroatoms. The quantitative estimate of drug-likeness (QED) is 0.645. The van der Waals surface area contributed by atoms with Crippen molar-refractivity contribution in [2.45, 2.75) is 19.8 Å². The number of benzene rings is 1. The number of halogens is 2. The van der Waals surface area contributed by atoms with E-state index in [-0.39, 0.29) is 11.8 Å². The number of likely N-dealkylation sites (tertiary alicyclic amines) is 1. The molecule has 0 aromatic heterocycles. The monoisotopic (exact) mass is 358 g/mol. The Labute approximate surface area is 131 Å². The normalized spacial score (nSPS) is 21.2. The zero-order valence-electron chi connectivity index (χ0n) is 11.1. The third-order valence-electron chi connectivity index (χ3n) is 3.62. The van der Waals surface area contributed by atoms with E-state index in [0.29, 0.717) is 30.1 Å². The molecule has 0 aliphatic carbocycles. The molecule has 1 aromatic carbocycles. The molecule has 2 rings (SSSR count). The molecule has 0 radical (unpaired) electrons. The highest BCUT2D eigenvalue weighted by molar-refractivity contribution is 9.10. The van der Waals surface area contributed by atoms with Crippen molar-refractivity contribution in [3.8, 4) is 0 Å². The lowest BCUT2D eigenvalue weighted by Crippen LogP contribution is -2.44. The van der Waals surface area contributed by atoms with Gasteiger partial charge in [-0.25, -0.2) is 0 Å². The molecule has 1 heterocycles. The van der Waals surface area contributed by atoms with Crippen LogP contribution in [0.15, 0.2) is 27.8 Å². The van der Waals surface area contributed by atoms with Gasteiger partial charge in [0.05, 0.1) is 16.3 Å². The van der Waals surface area contributed by atoms with Gasteiger partial charge in [-0.2, -0.15) is 0 Å². The Kier molecular flexibility index (Phi) is 5.05. The highest BCUT2D eigenvalue weighted by Crippen LogP contribution is 2.25. The molecule has 20 heavy (non-hydrogen) atoms. The van der Waals surface area contributed by atoms with E-state index in [1.54, 1.807) is 23.1 Å². The van der Waals surface area contributed by atoms with Crippen LogP contribution in [-0.2, 0) is 0 Å². The van der Waals surface area contributed by atoms with Gasteiger partial charge in [0.2, 0.25) is 0 Å². The first-order chi connectivity index (χ1) is 9.56. The number of carbonyl (C=O) groups excluding carboxylic acids is 1. The summed E-state index contributed by atoms with van der Waals surface area (Å²) in [4.78, 5) is 14.3. The summed E-state index contributed by atoms with van der Waals surface area (Å²) in [5, 5.41) is 12.8. The topological polar surface area (TPSA) is 52.9 Å². The summed E-state index contributed by atoms with van der Waals surface area (Å²) in [5.41, 5.74) is 1.28. The van der Waals surface area contributed by atoms with Gasteiger partial charge in [-0.1, -0.05) is 39.6 Å². The SMILES string of the molecule is CCC1CN(C(=O)c2cc(Br)ccc2Cl)CC/C1=N\O. The fourth-order valence-electron chi connectivity index (χ4n) is 2.43. The molecule has 1 aliphatic heterocycles. The van der Waals surface area contributed by atoms with Gasteiger partial charge in [0, 0.05) is 29.9 Å². The molecule has 0 spiro atoms. The minimum Gasteiger partial charge on any atom is -0.411 e. The van der Waals surface area contributed by atoms with E-state index in [1.807, 2.05) is 6.92 Å². The van der Waals surface area contributed by atoms with Crippen LogP contribution in [-0.4, -0.2) is 34.8 Å². The maximum absolute atomic E-state index is 12.5. The highest BCUT2D eigenvalue weighted by atomic mass is 79.9.